The van der Waals surface area contributed by atoms with Crippen molar-refractivity contribution in [2.75, 3.05) is 5.32 Å². The molecule has 1 aromatic heterocycles. The molecule has 16 heavy (non-hydrogen) atoms. The van der Waals surface area contributed by atoms with E-state index in [-0.39, 0.29) is 0 Å². The zero-order valence-corrected chi connectivity index (χ0v) is 12.0. The number of halogens is 3. The van der Waals surface area contributed by atoms with Gasteiger partial charge in [0, 0.05) is 10.7 Å². The summed E-state index contributed by atoms with van der Waals surface area (Å²) in [5, 5.41) is 3.80. The zero-order valence-electron chi connectivity index (χ0n) is 8.05. The number of rotatable bonds is 2. The molecule has 0 fully saturated rings. The number of aromatic nitrogens is 1. The summed E-state index contributed by atoms with van der Waals surface area (Å²) in [5.74, 6) is 0.742. The summed E-state index contributed by atoms with van der Waals surface area (Å²) < 4.78 is 1.84. The van der Waals surface area contributed by atoms with E-state index in [0.717, 1.165) is 20.5 Å². The second kappa shape index (κ2) is 5.17. The van der Waals surface area contributed by atoms with Gasteiger partial charge in [-0.25, -0.2) is 4.98 Å². The van der Waals surface area contributed by atoms with Crippen LogP contribution < -0.4 is 5.32 Å². The van der Waals surface area contributed by atoms with Crippen molar-refractivity contribution in [3.05, 3.63) is 50.5 Å². The van der Waals surface area contributed by atoms with Crippen molar-refractivity contribution in [2.24, 2.45) is 0 Å². The number of benzene rings is 1. The Morgan fingerprint density at radius 1 is 1.19 bits per heavy atom. The van der Waals surface area contributed by atoms with Crippen LogP contribution in [0.1, 0.15) is 0 Å². The second-order valence-electron chi connectivity index (χ2n) is 3.08. The van der Waals surface area contributed by atoms with E-state index in [1.165, 1.54) is 0 Å². The van der Waals surface area contributed by atoms with Gasteiger partial charge in [-0.2, -0.15) is 0 Å². The molecule has 0 unspecified atom stereocenters. The number of nitrogens with one attached hydrogen (secondary N) is 1. The summed E-state index contributed by atoms with van der Waals surface area (Å²) in [4.78, 5) is 4.21. The van der Waals surface area contributed by atoms with E-state index in [4.69, 9.17) is 11.6 Å². The minimum absolute atomic E-state index is 0.645. The lowest BCUT2D eigenvalue weighted by molar-refractivity contribution is 1.29. The van der Waals surface area contributed by atoms with Crippen LogP contribution in [0.2, 0.25) is 5.02 Å². The van der Waals surface area contributed by atoms with Gasteiger partial charge in [0.1, 0.15) is 5.82 Å². The fourth-order valence-electron chi connectivity index (χ4n) is 1.20. The molecule has 0 atom stereocenters. The van der Waals surface area contributed by atoms with Crippen LogP contribution in [-0.4, -0.2) is 4.98 Å². The highest BCUT2D eigenvalue weighted by Crippen LogP contribution is 2.30. The first-order chi connectivity index (χ1) is 7.66. The molecule has 82 valence electrons. The Bertz CT molecular complexity index is 517. The van der Waals surface area contributed by atoms with Crippen LogP contribution in [0, 0.1) is 0 Å². The maximum atomic E-state index is 6.10. The molecule has 0 amide bonds. The molecular weight excluding hydrogens is 355 g/mol. The van der Waals surface area contributed by atoms with E-state index in [2.05, 4.69) is 42.2 Å². The third kappa shape index (κ3) is 2.75. The number of hydrogen-bond acceptors (Lipinski definition) is 2. The van der Waals surface area contributed by atoms with Gasteiger partial charge >= 0.3 is 0 Å². The Labute approximate surface area is 115 Å². The number of anilines is 2. The SMILES string of the molecule is Clc1cc(Br)ccc1Nc1ncccc1Br. The maximum absolute atomic E-state index is 6.10. The zero-order chi connectivity index (χ0) is 11.5. The fraction of sp³-hybridized carbons (Fsp3) is 0. The Morgan fingerprint density at radius 3 is 2.69 bits per heavy atom. The molecular formula is C11H7Br2ClN2. The summed E-state index contributed by atoms with van der Waals surface area (Å²) in [6.45, 7) is 0. The highest BCUT2D eigenvalue weighted by molar-refractivity contribution is 9.10. The molecule has 0 bridgehead atoms. The first-order valence-electron chi connectivity index (χ1n) is 4.49. The van der Waals surface area contributed by atoms with Gasteiger partial charge in [-0.15, -0.1) is 0 Å². The average molecular weight is 362 g/mol. The minimum Gasteiger partial charge on any atom is -0.338 e. The van der Waals surface area contributed by atoms with Gasteiger partial charge in [0.15, 0.2) is 0 Å². The Morgan fingerprint density at radius 2 is 2.00 bits per heavy atom. The van der Waals surface area contributed by atoms with E-state index in [1.54, 1.807) is 6.20 Å². The smallest absolute Gasteiger partial charge is 0.144 e. The molecule has 0 spiro atoms. The summed E-state index contributed by atoms with van der Waals surface area (Å²) in [6, 6.07) is 9.43. The largest absolute Gasteiger partial charge is 0.338 e. The van der Waals surface area contributed by atoms with Crippen LogP contribution in [0.5, 0.6) is 0 Å². The van der Waals surface area contributed by atoms with Crippen molar-refractivity contribution in [2.45, 2.75) is 0 Å². The van der Waals surface area contributed by atoms with Gasteiger partial charge in [0.05, 0.1) is 15.2 Å². The van der Waals surface area contributed by atoms with Gasteiger partial charge in [0.2, 0.25) is 0 Å². The van der Waals surface area contributed by atoms with Gasteiger partial charge in [-0.1, -0.05) is 27.5 Å². The minimum atomic E-state index is 0.645. The summed E-state index contributed by atoms with van der Waals surface area (Å²) in [7, 11) is 0. The van der Waals surface area contributed by atoms with E-state index in [9.17, 15) is 0 Å². The van der Waals surface area contributed by atoms with Crippen molar-refractivity contribution in [3.63, 3.8) is 0 Å². The standard InChI is InChI=1S/C11H7Br2ClN2/c12-7-3-4-10(9(14)6-7)16-11-8(13)2-1-5-15-11/h1-6H,(H,15,16). The molecule has 2 rings (SSSR count). The maximum Gasteiger partial charge on any atom is 0.144 e. The van der Waals surface area contributed by atoms with Crippen LogP contribution in [-0.2, 0) is 0 Å². The molecule has 0 aliphatic rings. The predicted octanol–water partition coefficient (Wildman–Crippen LogP) is 5.00. The third-order valence-corrected chi connectivity index (χ3v) is 3.39. The van der Waals surface area contributed by atoms with E-state index < -0.39 is 0 Å². The molecule has 0 saturated heterocycles. The molecule has 1 aromatic carbocycles. The summed E-state index contributed by atoms with van der Waals surface area (Å²) >= 11 is 12.9. The molecule has 0 saturated carbocycles. The van der Waals surface area contributed by atoms with Crippen LogP contribution in [0.3, 0.4) is 0 Å². The van der Waals surface area contributed by atoms with Crippen molar-refractivity contribution in [1.29, 1.82) is 0 Å². The first-order valence-corrected chi connectivity index (χ1v) is 6.46. The quantitative estimate of drug-likeness (QED) is 0.813. The predicted molar refractivity (Wildman–Crippen MR) is 74.4 cm³/mol. The normalized spacial score (nSPS) is 10.2. The van der Waals surface area contributed by atoms with Gasteiger partial charge in [-0.3, -0.25) is 0 Å². The monoisotopic (exact) mass is 360 g/mol. The van der Waals surface area contributed by atoms with Crippen molar-refractivity contribution in [3.8, 4) is 0 Å². The highest BCUT2D eigenvalue weighted by Gasteiger charge is 2.04. The van der Waals surface area contributed by atoms with Crippen molar-refractivity contribution < 1.29 is 0 Å². The topological polar surface area (TPSA) is 24.9 Å². The van der Waals surface area contributed by atoms with Crippen molar-refractivity contribution >= 4 is 55.0 Å². The molecule has 5 heteroatoms. The molecule has 2 aromatic rings. The van der Waals surface area contributed by atoms with Crippen LogP contribution >= 0.6 is 43.5 Å². The molecule has 0 aliphatic carbocycles. The average Bonchev–Trinajstić information content (AvgIpc) is 2.25. The van der Waals surface area contributed by atoms with Crippen molar-refractivity contribution in [1.82, 2.24) is 4.98 Å². The molecule has 2 nitrogen and oxygen atoms in total. The van der Waals surface area contributed by atoms with Crippen LogP contribution in [0.25, 0.3) is 0 Å². The van der Waals surface area contributed by atoms with E-state index >= 15 is 0 Å². The van der Waals surface area contributed by atoms with Crippen LogP contribution in [0.4, 0.5) is 11.5 Å². The Balaban J connectivity index is 2.31. The fourth-order valence-corrected chi connectivity index (χ4v) is 2.27. The lowest BCUT2D eigenvalue weighted by atomic mass is 10.3. The summed E-state index contributed by atoms with van der Waals surface area (Å²) in [5.41, 5.74) is 0.823. The second-order valence-corrected chi connectivity index (χ2v) is 5.26. The highest BCUT2D eigenvalue weighted by atomic mass is 79.9. The van der Waals surface area contributed by atoms with Gasteiger partial charge in [0.25, 0.3) is 0 Å². The first kappa shape index (κ1) is 11.9. The number of pyridine rings is 1. The Kier molecular flexibility index (Phi) is 3.84. The number of nitrogens with zero attached hydrogens (tertiary/aromatic N) is 1. The lowest BCUT2D eigenvalue weighted by Crippen LogP contribution is -1.94. The summed E-state index contributed by atoms with van der Waals surface area (Å²) in [6.07, 6.45) is 1.72. The molecule has 1 heterocycles. The third-order valence-electron chi connectivity index (χ3n) is 1.94. The van der Waals surface area contributed by atoms with E-state index in [1.807, 2.05) is 30.3 Å². The molecule has 0 aliphatic heterocycles. The number of hydrogen-bond donors (Lipinski definition) is 1. The van der Waals surface area contributed by atoms with Gasteiger partial charge in [-0.05, 0) is 46.3 Å². The molecule has 1 N–H and O–H groups in total. The van der Waals surface area contributed by atoms with Gasteiger partial charge < -0.3 is 5.32 Å². The van der Waals surface area contributed by atoms with Crippen LogP contribution in [0.15, 0.2) is 45.5 Å². The lowest BCUT2D eigenvalue weighted by Gasteiger charge is -2.09. The molecule has 0 radical (unpaired) electrons. The van der Waals surface area contributed by atoms with E-state index in [0.29, 0.717) is 5.02 Å². The Hall–Kier alpha value is -0.580.